The summed E-state index contributed by atoms with van der Waals surface area (Å²) in [7, 11) is 0. The highest BCUT2D eigenvalue weighted by Gasteiger charge is 2.32. The minimum Gasteiger partial charge on any atom is -0.480 e. The van der Waals surface area contributed by atoms with Crippen molar-refractivity contribution in [3.8, 4) is 0 Å². The molecule has 0 saturated carbocycles. The van der Waals surface area contributed by atoms with Crippen LogP contribution in [0.15, 0.2) is 24.3 Å². The molecule has 1 aliphatic rings. The number of halogens is 1. The Kier molecular flexibility index (Phi) is 3.97. The lowest BCUT2D eigenvalue weighted by Gasteiger charge is -2.35. The van der Waals surface area contributed by atoms with Gasteiger partial charge in [-0.2, -0.15) is 0 Å². The van der Waals surface area contributed by atoms with E-state index in [1.165, 1.54) is 6.07 Å². The number of carboxylic acids is 1. The molecule has 18 heavy (non-hydrogen) atoms. The fraction of sp³-hybridized carbons (Fsp3) is 0.500. The molecule has 0 radical (unpaired) electrons. The first kappa shape index (κ1) is 13.0. The lowest BCUT2D eigenvalue weighted by Crippen LogP contribution is -2.41. The number of benzene rings is 1. The van der Waals surface area contributed by atoms with Crippen LogP contribution in [-0.4, -0.2) is 29.1 Å². The van der Waals surface area contributed by atoms with Crippen molar-refractivity contribution in [1.82, 2.24) is 4.90 Å². The van der Waals surface area contributed by atoms with Crippen LogP contribution in [0.1, 0.15) is 31.4 Å². The molecule has 1 aromatic carbocycles. The van der Waals surface area contributed by atoms with Gasteiger partial charge in [0.2, 0.25) is 0 Å². The Balaban J connectivity index is 2.28. The Hall–Kier alpha value is -1.42. The van der Waals surface area contributed by atoms with Gasteiger partial charge in [0.05, 0.1) is 0 Å². The molecule has 1 aliphatic heterocycles. The van der Waals surface area contributed by atoms with Gasteiger partial charge >= 0.3 is 5.97 Å². The largest absolute Gasteiger partial charge is 0.480 e. The minimum absolute atomic E-state index is 0.263. The SMILES string of the molecule is CC1CCCN(C(C(=O)O)c2ccccc2F)C1. The van der Waals surface area contributed by atoms with E-state index in [0.717, 1.165) is 19.4 Å². The smallest absolute Gasteiger partial charge is 0.325 e. The van der Waals surface area contributed by atoms with E-state index >= 15 is 0 Å². The standard InChI is InChI=1S/C14H18FNO2/c1-10-5-4-8-16(9-10)13(14(17)18)11-6-2-3-7-12(11)15/h2-3,6-7,10,13H,4-5,8-9H2,1H3,(H,17,18). The maximum absolute atomic E-state index is 13.8. The molecule has 98 valence electrons. The molecule has 0 aliphatic carbocycles. The van der Waals surface area contributed by atoms with E-state index in [9.17, 15) is 14.3 Å². The molecule has 2 rings (SSSR count). The van der Waals surface area contributed by atoms with E-state index in [0.29, 0.717) is 12.5 Å². The van der Waals surface area contributed by atoms with Crippen LogP contribution in [0.3, 0.4) is 0 Å². The molecule has 1 aromatic rings. The Labute approximate surface area is 106 Å². The van der Waals surface area contributed by atoms with Crippen LogP contribution in [0.4, 0.5) is 4.39 Å². The predicted molar refractivity (Wildman–Crippen MR) is 66.7 cm³/mol. The van der Waals surface area contributed by atoms with Crippen molar-refractivity contribution in [1.29, 1.82) is 0 Å². The molecule has 2 unspecified atom stereocenters. The van der Waals surface area contributed by atoms with Crippen molar-refractivity contribution in [2.45, 2.75) is 25.8 Å². The Morgan fingerprint density at radius 3 is 2.83 bits per heavy atom. The summed E-state index contributed by atoms with van der Waals surface area (Å²) in [4.78, 5) is 13.3. The van der Waals surface area contributed by atoms with Gasteiger partial charge in [0, 0.05) is 12.1 Å². The third-order valence-electron chi connectivity index (χ3n) is 3.49. The highest BCUT2D eigenvalue weighted by Crippen LogP contribution is 2.28. The second-order valence-electron chi connectivity index (χ2n) is 5.00. The molecule has 0 bridgehead atoms. The van der Waals surface area contributed by atoms with Gasteiger partial charge in [-0.3, -0.25) is 9.69 Å². The predicted octanol–water partition coefficient (Wildman–Crippen LogP) is 2.68. The van der Waals surface area contributed by atoms with Gasteiger partial charge in [0.15, 0.2) is 0 Å². The first-order valence-corrected chi connectivity index (χ1v) is 6.31. The van der Waals surface area contributed by atoms with E-state index in [1.807, 2.05) is 4.90 Å². The third kappa shape index (κ3) is 2.70. The van der Waals surface area contributed by atoms with E-state index in [2.05, 4.69) is 6.92 Å². The molecule has 0 amide bonds. The first-order valence-electron chi connectivity index (χ1n) is 6.31. The highest BCUT2D eigenvalue weighted by molar-refractivity contribution is 5.75. The van der Waals surface area contributed by atoms with Gasteiger partial charge in [-0.15, -0.1) is 0 Å². The monoisotopic (exact) mass is 251 g/mol. The van der Waals surface area contributed by atoms with Crippen molar-refractivity contribution in [2.24, 2.45) is 5.92 Å². The summed E-state index contributed by atoms with van der Waals surface area (Å²) in [5, 5.41) is 9.38. The average molecular weight is 251 g/mol. The number of piperidine rings is 1. The fourth-order valence-electron chi connectivity index (χ4n) is 2.64. The number of hydrogen-bond donors (Lipinski definition) is 1. The first-order chi connectivity index (χ1) is 8.59. The Morgan fingerprint density at radius 1 is 1.50 bits per heavy atom. The van der Waals surface area contributed by atoms with Crippen LogP contribution in [0, 0.1) is 11.7 Å². The fourth-order valence-corrected chi connectivity index (χ4v) is 2.64. The Bertz CT molecular complexity index is 436. The summed E-state index contributed by atoms with van der Waals surface area (Å²) >= 11 is 0. The maximum Gasteiger partial charge on any atom is 0.325 e. The van der Waals surface area contributed by atoms with Crippen molar-refractivity contribution in [3.05, 3.63) is 35.6 Å². The van der Waals surface area contributed by atoms with Crippen LogP contribution in [0.25, 0.3) is 0 Å². The van der Waals surface area contributed by atoms with Crippen molar-refractivity contribution >= 4 is 5.97 Å². The summed E-state index contributed by atoms with van der Waals surface area (Å²) < 4.78 is 13.8. The van der Waals surface area contributed by atoms with Crippen LogP contribution in [-0.2, 0) is 4.79 Å². The number of rotatable bonds is 3. The van der Waals surface area contributed by atoms with Crippen LogP contribution in [0.5, 0.6) is 0 Å². The molecule has 1 N–H and O–H groups in total. The normalized spacial score (nSPS) is 22.7. The van der Waals surface area contributed by atoms with Gasteiger partial charge in [-0.1, -0.05) is 25.1 Å². The van der Waals surface area contributed by atoms with Crippen molar-refractivity contribution in [3.63, 3.8) is 0 Å². The summed E-state index contributed by atoms with van der Waals surface area (Å²) in [5.74, 6) is -0.954. The molecule has 1 heterocycles. The zero-order valence-corrected chi connectivity index (χ0v) is 10.5. The van der Waals surface area contributed by atoms with Gasteiger partial charge in [-0.25, -0.2) is 4.39 Å². The molecular weight excluding hydrogens is 233 g/mol. The number of carboxylic acid groups (broad SMARTS) is 1. The van der Waals surface area contributed by atoms with E-state index in [-0.39, 0.29) is 5.56 Å². The topological polar surface area (TPSA) is 40.5 Å². The second kappa shape index (κ2) is 5.48. The Morgan fingerprint density at radius 2 is 2.22 bits per heavy atom. The highest BCUT2D eigenvalue weighted by atomic mass is 19.1. The molecule has 2 atom stereocenters. The molecule has 1 fully saturated rings. The van der Waals surface area contributed by atoms with Gasteiger partial charge in [0.25, 0.3) is 0 Å². The number of aliphatic carboxylic acids is 1. The number of nitrogens with zero attached hydrogens (tertiary/aromatic N) is 1. The molecule has 3 nitrogen and oxygen atoms in total. The van der Waals surface area contributed by atoms with Crippen LogP contribution in [0.2, 0.25) is 0 Å². The van der Waals surface area contributed by atoms with Crippen LogP contribution < -0.4 is 0 Å². The number of likely N-dealkylation sites (tertiary alicyclic amines) is 1. The number of carbonyl (C=O) groups is 1. The zero-order valence-electron chi connectivity index (χ0n) is 10.5. The molecular formula is C14H18FNO2. The maximum atomic E-state index is 13.8. The third-order valence-corrected chi connectivity index (χ3v) is 3.49. The summed E-state index contributed by atoms with van der Waals surface area (Å²) in [6, 6.07) is 5.28. The van der Waals surface area contributed by atoms with Crippen molar-refractivity contribution < 1.29 is 14.3 Å². The second-order valence-corrected chi connectivity index (χ2v) is 5.00. The van der Waals surface area contributed by atoms with E-state index in [4.69, 9.17) is 0 Å². The molecule has 0 spiro atoms. The molecule has 0 aromatic heterocycles. The lowest BCUT2D eigenvalue weighted by molar-refractivity contribution is -0.144. The summed E-state index contributed by atoms with van der Waals surface area (Å²) in [6.45, 7) is 3.54. The van der Waals surface area contributed by atoms with Gasteiger partial charge < -0.3 is 5.11 Å². The molecule has 1 saturated heterocycles. The van der Waals surface area contributed by atoms with Crippen molar-refractivity contribution in [2.75, 3.05) is 13.1 Å². The summed E-state index contributed by atoms with van der Waals surface area (Å²) in [5.41, 5.74) is 0.263. The minimum atomic E-state index is -0.978. The number of hydrogen-bond acceptors (Lipinski definition) is 2. The summed E-state index contributed by atoms with van der Waals surface area (Å²) in [6.07, 6.45) is 2.08. The van der Waals surface area contributed by atoms with E-state index < -0.39 is 17.8 Å². The lowest BCUT2D eigenvalue weighted by atomic mass is 9.96. The average Bonchev–Trinajstić information content (AvgIpc) is 2.32. The molecule has 4 heteroatoms. The van der Waals surface area contributed by atoms with Gasteiger partial charge in [-0.05, 0) is 31.4 Å². The van der Waals surface area contributed by atoms with Gasteiger partial charge in [0.1, 0.15) is 11.9 Å². The quantitative estimate of drug-likeness (QED) is 0.898. The van der Waals surface area contributed by atoms with Crippen LogP contribution >= 0.6 is 0 Å². The van der Waals surface area contributed by atoms with E-state index in [1.54, 1.807) is 18.2 Å². The zero-order chi connectivity index (χ0) is 13.1.